The Balaban J connectivity index is 1.58. The zero-order valence-corrected chi connectivity index (χ0v) is 17.1. The third kappa shape index (κ3) is 5.03. The van der Waals surface area contributed by atoms with E-state index in [0.717, 1.165) is 18.4 Å². The minimum atomic E-state index is -0.991. The molecule has 1 atom stereocenters. The van der Waals surface area contributed by atoms with Crippen LogP contribution in [0.2, 0.25) is 0 Å². The average molecular weight is 417 g/mol. The summed E-state index contributed by atoms with van der Waals surface area (Å²) in [6, 6.07) is 13.5. The molecule has 1 aliphatic carbocycles. The molecule has 31 heavy (non-hydrogen) atoms. The van der Waals surface area contributed by atoms with E-state index in [1.54, 1.807) is 37.5 Å². The van der Waals surface area contributed by atoms with Gasteiger partial charge in [0.15, 0.2) is 0 Å². The lowest BCUT2D eigenvalue weighted by atomic mass is 10.0. The van der Waals surface area contributed by atoms with Crippen LogP contribution in [0.25, 0.3) is 5.69 Å². The molecule has 0 spiro atoms. The van der Waals surface area contributed by atoms with Crippen LogP contribution in [0.5, 0.6) is 0 Å². The van der Waals surface area contributed by atoms with Crippen molar-refractivity contribution in [2.24, 2.45) is 0 Å². The highest BCUT2D eigenvalue weighted by Crippen LogP contribution is 2.19. The molecule has 2 aromatic heterocycles. The van der Waals surface area contributed by atoms with Gasteiger partial charge in [0.25, 0.3) is 11.8 Å². The maximum absolute atomic E-state index is 13.1. The Morgan fingerprint density at radius 1 is 1.10 bits per heavy atom. The topological polar surface area (TPSA) is 106 Å². The van der Waals surface area contributed by atoms with Crippen molar-refractivity contribution >= 4 is 17.6 Å². The summed E-state index contributed by atoms with van der Waals surface area (Å²) in [7, 11) is 0. The number of aryl methyl sites for hydroxylation is 1. The lowest BCUT2D eigenvalue weighted by molar-refractivity contribution is -0.139. The predicted molar refractivity (Wildman–Crippen MR) is 114 cm³/mol. The van der Waals surface area contributed by atoms with Crippen LogP contribution < -0.4 is 10.6 Å². The number of carbonyl (C=O) groups excluding carboxylic acids is 3. The Labute approximate surface area is 179 Å². The molecule has 8 heteroatoms. The molecule has 4 rings (SSSR count). The number of hydrogen-bond donors (Lipinski definition) is 2. The lowest BCUT2D eigenvalue weighted by Crippen LogP contribution is -2.49. The van der Waals surface area contributed by atoms with Gasteiger partial charge in [0.2, 0.25) is 5.78 Å². The maximum atomic E-state index is 13.1. The Morgan fingerprint density at radius 3 is 2.48 bits per heavy atom. The third-order valence-corrected chi connectivity index (χ3v) is 5.01. The molecule has 2 amide bonds. The van der Waals surface area contributed by atoms with Gasteiger partial charge in [0, 0.05) is 24.9 Å². The number of benzene rings is 1. The quantitative estimate of drug-likeness (QED) is 0.544. The highest BCUT2D eigenvalue weighted by atomic mass is 16.2. The van der Waals surface area contributed by atoms with Crippen molar-refractivity contribution in [2.45, 2.75) is 38.3 Å². The van der Waals surface area contributed by atoms with Crippen molar-refractivity contribution < 1.29 is 14.4 Å². The van der Waals surface area contributed by atoms with Crippen LogP contribution in [0.4, 0.5) is 0 Å². The first-order valence-corrected chi connectivity index (χ1v) is 10.2. The number of nitrogens with zero attached hydrogens (tertiary/aromatic N) is 3. The molecule has 2 N–H and O–H groups in total. The summed E-state index contributed by atoms with van der Waals surface area (Å²) in [6.07, 6.45) is 5.18. The first-order chi connectivity index (χ1) is 15.0. The number of Topliss-reactive ketones (excluding diaryl/α,β-unsaturated/α-hetero) is 1. The molecule has 2 heterocycles. The number of hydrogen-bond acceptors (Lipinski definition) is 5. The van der Waals surface area contributed by atoms with Gasteiger partial charge in [-0.05, 0) is 43.5 Å². The fourth-order valence-corrected chi connectivity index (χ4v) is 3.28. The van der Waals surface area contributed by atoms with E-state index in [-0.39, 0.29) is 18.2 Å². The molecule has 0 aliphatic heterocycles. The van der Waals surface area contributed by atoms with Gasteiger partial charge in [-0.15, -0.1) is 0 Å². The Morgan fingerprint density at radius 2 is 1.81 bits per heavy atom. The number of aromatic nitrogens is 3. The van der Waals surface area contributed by atoms with Gasteiger partial charge in [0.05, 0.1) is 11.4 Å². The third-order valence-electron chi connectivity index (χ3n) is 5.01. The zero-order chi connectivity index (χ0) is 21.8. The van der Waals surface area contributed by atoms with Crippen LogP contribution in [0, 0.1) is 6.92 Å². The van der Waals surface area contributed by atoms with Gasteiger partial charge >= 0.3 is 0 Å². The number of rotatable bonds is 8. The number of carbonyl (C=O) groups is 3. The van der Waals surface area contributed by atoms with Gasteiger partial charge in [-0.2, -0.15) is 5.10 Å². The van der Waals surface area contributed by atoms with Gasteiger partial charge in [0.1, 0.15) is 11.7 Å². The van der Waals surface area contributed by atoms with Crippen LogP contribution in [0.1, 0.15) is 34.6 Å². The molecule has 1 saturated carbocycles. The summed E-state index contributed by atoms with van der Waals surface area (Å²) >= 11 is 0. The van der Waals surface area contributed by atoms with Crippen molar-refractivity contribution in [1.29, 1.82) is 0 Å². The van der Waals surface area contributed by atoms with Gasteiger partial charge < -0.3 is 10.6 Å². The summed E-state index contributed by atoms with van der Waals surface area (Å²) in [4.78, 5) is 42.4. The summed E-state index contributed by atoms with van der Waals surface area (Å²) in [6.45, 7) is 1.78. The second-order valence-electron chi connectivity index (χ2n) is 7.62. The average Bonchev–Trinajstić information content (AvgIpc) is 3.51. The van der Waals surface area contributed by atoms with E-state index in [2.05, 4.69) is 20.7 Å². The predicted octanol–water partition coefficient (Wildman–Crippen LogP) is 1.76. The lowest BCUT2D eigenvalue weighted by Gasteiger charge is -2.18. The molecule has 1 aliphatic rings. The zero-order valence-electron chi connectivity index (χ0n) is 17.1. The Bertz CT molecular complexity index is 1090. The number of pyridine rings is 1. The largest absolute Gasteiger partial charge is 0.347 e. The minimum Gasteiger partial charge on any atom is -0.347 e. The van der Waals surface area contributed by atoms with Gasteiger partial charge in [-0.25, -0.2) is 4.68 Å². The molecular weight excluding hydrogens is 394 g/mol. The van der Waals surface area contributed by atoms with E-state index in [9.17, 15) is 14.4 Å². The fourth-order valence-electron chi connectivity index (χ4n) is 3.28. The minimum absolute atomic E-state index is 0.0558. The number of ketones is 1. The van der Waals surface area contributed by atoms with E-state index >= 15 is 0 Å². The highest BCUT2D eigenvalue weighted by molar-refractivity contribution is 6.38. The first-order valence-electron chi connectivity index (χ1n) is 10.2. The van der Waals surface area contributed by atoms with E-state index in [1.807, 2.05) is 30.3 Å². The van der Waals surface area contributed by atoms with Crippen molar-refractivity contribution in [1.82, 2.24) is 25.4 Å². The molecule has 0 saturated heterocycles. The molecule has 1 unspecified atom stereocenters. The standard InChI is InChI=1S/C23H23N5O3/c1-15-13-20(28(27-15)18-9-11-24-12-10-18)22(30)26-19(14-16-5-3-2-4-6-16)21(29)23(31)25-17-7-8-17/h2-6,9-13,17,19H,7-8,14H2,1H3,(H,25,31)(H,26,30). The monoisotopic (exact) mass is 417 g/mol. The Kier molecular flexibility index (Phi) is 5.88. The van der Waals surface area contributed by atoms with Crippen LogP contribution in [0.15, 0.2) is 60.9 Å². The summed E-state index contributed by atoms with van der Waals surface area (Å²) < 4.78 is 1.50. The summed E-state index contributed by atoms with van der Waals surface area (Å²) in [5, 5.41) is 9.85. The van der Waals surface area contributed by atoms with E-state index in [4.69, 9.17) is 0 Å². The molecule has 1 fully saturated rings. The molecule has 158 valence electrons. The van der Waals surface area contributed by atoms with Crippen molar-refractivity contribution in [3.8, 4) is 5.69 Å². The molecule has 0 radical (unpaired) electrons. The van der Waals surface area contributed by atoms with Crippen LogP contribution in [0.3, 0.4) is 0 Å². The van der Waals surface area contributed by atoms with E-state index in [0.29, 0.717) is 11.4 Å². The van der Waals surface area contributed by atoms with Crippen LogP contribution >= 0.6 is 0 Å². The van der Waals surface area contributed by atoms with Gasteiger partial charge in [-0.3, -0.25) is 19.4 Å². The SMILES string of the molecule is Cc1cc(C(=O)NC(Cc2ccccc2)C(=O)C(=O)NC2CC2)n(-c2ccncc2)n1. The number of amides is 2. The fraction of sp³-hybridized carbons (Fsp3) is 0.261. The molecule has 8 nitrogen and oxygen atoms in total. The summed E-state index contributed by atoms with van der Waals surface area (Å²) in [5.41, 5.74) is 2.45. The maximum Gasteiger partial charge on any atom is 0.289 e. The van der Waals surface area contributed by atoms with Crippen molar-refractivity contribution in [2.75, 3.05) is 0 Å². The molecule has 0 bridgehead atoms. The van der Waals surface area contributed by atoms with E-state index in [1.165, 1.54) is 4.68 Å². The van der Waals surface area contributed by atoms with Gasteiger partial charge in [-0.1, -0.05) is 30.3 Å². The number of nitrogens with one attached hydrogen (secondary N) is 2. The smallest absolute Gasteiger partial charge is 0.289 e. The second-order valence-corrected chi connectivity index (χ2v) is 7.62. The Hall–Kier alpha value is -3.81. The second kappa shape index (κ2) is 8.91. The van der Waals surface area contributed by atoms with E-state index < -0.39 is 23.6 Å². The molecule has 1 aromatic carbocycles. The van der Waals surface area contributed by atoms with Crippen molar-refractivity contribution in [3.63, 3.8) is 0 Å². The molecule has 3 aromatic rings. The highest BCUT2D eigenvalue weighted by Gasteiger charge is 2.32. The van der Waals surface area contributed by atoms with Crippen molar-refractivity contribution in [3.05, 3.63) is 77.9 Å². The summed E-state index contributed by atoms with van der Waals surface area (Å²) in [5.74, 6) is -1.80. The first kappa shape index (κ1) is 20.5. The molecular formula is C23H23N5O3. The normalized spacial score (nSPS) is 14.0. The van der Waals surface area contributed by atoms with Crippen LogP contribution in [-0.2, 0) is 16.0 Å². The van der Waals surface area contributed by atoms with Crippen LogP contribution in [-0.4, -0.2) is 44.4 Å².